The van der Waals surface area contributed by atoms with Crippen molar-refractivity contribution in [2.24, 2.45) is 0 Å². The second-order valence-corrected chi connectivity index (χ2v) is 7.59. The Kier molecular flexibility index (Phi) is 3.69. The number of para-hydroxylation sites is 1. The van der Waals surface area contributed by atoms with Crippen LogP contribution >= 0.6 is 11.3 Å². The molecule has 1 aliphatic rings. The van der Waals surface area contributed by atoms with Crippen molar-refractivity contribution in [3.8, 4) is 0 Å². The van der Waals surface area contributed by atoms with Crippen molar-refractivity contribution in [2.75, 3.05) is 18.0 Å². The van der Waals surface area contributed by atoms with E-state index < -0.39 is 0 Å². The first kappa shape index (κ1) is 13.8. The molecule has 1 atom stereocenters. The Bertz CT molecular complexity index is 552. The summed E-state index contributed by atoms with van der Waals surface area (Å²) in [5.74, 6) is 0. The summed E-state index contributed by atoms with van der Waals surface area (Å²) in [5.41, 5.74) is 1.31. The van der Waals surface area contributed by atoms with Gasteiger partial charge in [-0.1, -0.05) is 23.5 Å². The number of aromatic nitrogens is 1. The predicted octanol–water partition coefficient (Wildman–Crippen LogP) is 3.65. The van der Waals surface area contributed by atoms with Gasteiger partial charge in [0.25, 0.3) is 0 Å². The highest BCUT2D eigenvalue weighted by Crippen LogP contribution is 2.33. The zero-order chi connectivity index (χ0) is 14.2. The number of benzene rings is 1. The summed E-state index contributed by atoms with van der Waals surface area (Å²) in [6, 6.07) is 9.00. The van der Waals surface area contributed by atoms with Gasteiger partial charge in [0.05, 0.1) is 10.2 Å². The van der Waals surface area contributed by atoms with Gasteiger partial charge in [0.15, 0.2) is 5.13 Å². The van der Waals surface area contributed by atoms with Gasteiger partial charge in [-0.25, -0.2) is 4.98 Å². The number of hydrogen-bond acceptors (Lipinski definition) is 4. The lowest BCUT2D eigenvalue weighted by Crippen LogP contribution is -2.45. The minimum Gasteiger partial charge on any atom is -0.344 e. The van der Waals surface area contributed by atoms with Crippen molar-refractivity contribution in [2.45, 2.75) is 45.2 Å². The molecule has 2 heterocycles. The maximum Gasteiger partial charge on any atom is 0.186 e. The van der Waals surface area contributed by atoms with Crippen LogP contribution in [-0.2, 0) is 0 Å². The van der Waals surface area contributed by atoms with Crippen molar-refractivity contribution in [1.29, 1.82) is 0 Å². The van der Waals surface area contributed by atoms with Gasteiger partial charge < -0.3 is 10.2 Å². The monoisotopic (exact) mass is 289 g/mol. The molecule has 0 bridgehead atoms. The van der Waals surface area contributed by atoms with Crippen molar-refractivity contribution >= 4 is 26.7 Å². The van der Waals surface area contributed by atoms with Gasteiger partial charge >= 0.3 is 0 Å². The Balaban J connectivity index is 1.77. The summed E-state index contributed by atoms with van der Waals surface area (Å²) in [6.45, 7) is 8.85. The number of fused-ring (bicyclic) bond motifs is 1. The van der Waals surface area contributed by atoms with Crippen LogP contribution in [0.25, 0.3) is 10.2 Å². The summed E-state index contributed by atoms with van der Waals surface area (Å²) < 4.78 is 1.29. The lowest BCUT2D eigenvalue weighted by atomic mass is 10.1. The molecule has 1 fully saturated rings. The van der Waals surface area contributed by atoms with Gasteiger partial charge in [-0.05, 0) is 45.7 Å². The average molecular weight is 289 g/mol. The molecule has 0 radical (unpaired) electrons. The standard InChI is InChI=1S/C16H23N3S/c1-16(2,3)17-11-12-7-6-10-19(12)15-18-13-8-4-5-9-14(13)20-15/h4-5,8-9,12,17H,6-7,10-11H2,1-3H3. The van der Waals surface area contributed by atoms with Crippen LogP contribution in [-0.4, -0.2) is 29.7 Å². The van der Waals surface area contributed by atoms with E-state index in [1.807, 2.05) is 11.3 Å². The molecule has 0 aliphatic carbocycles. The fraction of sp³-hybridized carbons (Fsp3) is 0.562. The predicted molar refractivity (Wildman–Crippen MR) is 87.7 cm³/mol. The van der Waals surface area contributed by atoms with E-state index in [2.05, 4.69) is 55.3 Å². The van der Waals surface area contributed by atoms with Crippen LogP contribution in [0.15, 0.2) is 24.3 Å². The highest BCUT2D eigenvalue weighted by molar-refractivity contribution is 7.22. The lowest BCUT2D eigenvalue weighted by Gasteiger charge is -2.28. The first-order chi connectivity index (χ1) is 9.53. The molecule has 1 unspecified atom stereocenters. The minimum absolute atomic E-state index is 0.182. The van der Waals surface area contributed by atoms with Crippen molar-refractivity contribution < 1.29 is 0 Å². The molecular weight excluding hydrogens is 266 g/mol. The molecular formula is C16H23N3S. The van der Waals surface area contributed by atoms with E-state index in [-0.39, 0.29) is 5.54 Å². The highest BCUT2D eigenvalue weighted by atomic mass is 32.1. The maximum absolute atomic E-state index is 4.81. The van der Waals surface area contributed by atoms with Gasteiger partial charge in [-0.3, -0.25) is 0 Å². The summed E-state index contributed by atoms with van der Waals surface area (Å²) in [5, 5.41) is 4.82. The average Bonchev–Trinajstić information content (AvgIpc) is 3.01. The zero-order valence-corrected chi connectivity index (χ0v) is 13.3. The van der Waals surface area contributed by atoms with E-state index in [1.165, 1.54) is 22.7 Å². The van der Waals surface area contributed by atoms with E-state index in [0.717, 1.165) is 18.6 Å². The molecule has 0 amide bonds. The molecule has 20 heavy (non-hydrogen) atoms. The quantitative estimate of drug-likeness (QED) is 0.935. The van der Waals surface area contributed by atoms with Gasteiger partial charge in [0.1, 0.15) is 0 Å². The summed E-state index contributed by atoms with van der Waals surface area (Å²) >= 11 is 1.82. The molecule has 4 heteroatoms. The van der Waals surface area contributed by atoms with Crippen molar-refractivity contribution in [3.05, 3.63) is 24.3 Å². The molecule has 1 aromatic carbocycles. The Morgan fingerprint density at radius 1 is 1.35 bits per heavy atom. The van der Waals surface area contributed by atoms with Crippen LogP contribution < -0.4 is 10.2 Å². The fourth-order valence-corrected chi connectivity index (χ4v) is 3.77. The third kappa shape index (κ3) is 2.96. The molecule has 0 saturated carbocycles. The first-order valence-corrected chi connectivity index (χ1v) is 8.22. The van der Waals surface area contributed by atoms with E-state index in [1.54, 1.807) is 0 Å². The van der Waals surface area contributed by atoms with Crippen LogP contribution in [0.1, 0.15) is 33.6 Å². The van der Waals surface area contributed by atoms with Crippen LogP contribution in [0.5, 0.6) is 0 Å². The number of hydrogen-bond donors (Lipinski definition) is 1. The number of rotatable bonds is 3. The van der Waals surface area contributed by atoms with Crippen LogP contribution in [0.3, 0.4) is 0 Å². The summed E-state index contributed by atoms with van der Waals surface area (Å²) in [7, 11) is 0. The van der Waals surface area contributed by atoms with Crippen molar-refractivity contribution in [1.82, 2.24) is 10.3 Å². The largest absolute Gasteiger partial charge is 0.344 e. The van der Waals surface area contributed by atoms with E-state index in [0.29, 0.717) is 6.04 Å². The topological polar surface area (TPSA) is 28.2 Å². The van der Waals surface area contributed by atoms with Crippen LogP contribution in [0.2, 0.25) is 0 Å². The second kappa shape index (κ2) is 5.34. The summed E-state index contributed by atoms with van der Waals surface area (Å²) in [6.07, 6.45) is 2.53. The molecule has 3 rings (SSSR count). The molecule has 1 aromatic heterocycles. The molecule has 0 spiro atoms. The Morgan fingerprint density at radius 2 is 2.15 bits per heavy atom. The second-order valence-electron chi connectivity index (χ2n) is 6.58. The third-order valence-electron chi connectivity index (χ3n) is 3.77. The third-order valence-corrected chi connectivity index (χ3v) is 4.85. The van der Waals surface area contributed by atoms with E-state index in [9.17, 15) is 0 Å². The summed E-state index contributed by atoms with van der Waals surface area (Å²) in [4.78, 5) is 7.30. The van der Waals surface area contributed by atoms with Gasteiger partial charge in [-0.15, -0.1) is 0 Å². The molecule has 3 nitrogen and oxygen atoms in total. The molecule has 1 saturated heterocycles. The Hall–Kier alpha value is -1.13. The van der Waals surface area contributed by atoms with Crippen LogP contribution in [0.4, 0.5) is 5.13 Å². The minimum atomic E-state index is 0.182. The SMILES string of the molecule is CC(C)(C)NCC1CCCN1c1nc2ccccc2s1. The first-order valence-electron chi connectivity index (χ1n) is 7.40. The van der Waals surface area contributed by atoms with E-state index in [4.69, 9.17) is 4.98 Å². The van der Waals surface area contributed by atoms with Crippen molar-refractivity contribution in [3.63, 3.8) is 0 Å². The van der Waals surface area contributed by atoms with Crippen LogP contribution in [0, 0.1) is 0 Å². The normalized spacial score (nSPS) is 19.9. The fourth-order valence-electron chi connectivity index (χ4n) is 2.71. The van der Waals surface area contributed by atoms with Gasteiger partial charge in [0, 0.05) is 24.7 Å². The lowest BCUT2D eigenvalue weighted by molar-refractivity contribution is 0.405. The molecule has 108 valence electrons. The van der Waals surface area contributed by atoms with Gasteiger partial charge in [0.2, 0.25) is 0 Å². The zero-order valence-electron chi connectivity index (χ0n) is 12.5. The Morgan fingerprint density at radius 3 is 2.90 bits per heavy atom. The number of nitrogens with one attached hydrogen (secondary N) is 1. The number of nitrogens with zero attached hydrogens (tertiary/aromatic N) is 2. The smallest absolute Gasteiger partial charge is 0.186 e. The maximum atomic E-state index is 4.81. The van der Waals surface area contributed by atoms with E-state index >= 15 is 0 Å². The molecule has 2 aromatic rings. The Labute approximate surface area is 125 Å². The van der Waals surface area contributed by atoms with Gasteiger partial charge in [-0.2, -0.15) is 0 Å². The number of thiazole rings is 1. The number of anilines is 1. The molecule has 1 N–H and O–H groups in total. The molecule has 1 aliphatic heterocycles. The highest BCUT2D eigenvalue weighted by Gasteiger charge is 2.27.